The Morgan fingerprint density at radius 3 is 2.32 bits per heavy atom. The first kappa shape index (κ1) is 29.3. The molecule has 1 saturated heterocycles. The van der Waals surface area contributed by atoms with Crippen LogP contribution < -0.4 is 19.9 Å². The van der Waals surface area contributed by atoms with Crippen LogP contribution in [0.3, 0.4) is 0 Å². The second kappa shape index (κ2) is 12.1. The lowest BCUT2D eigenvalue weighted by Crippen LogP contribution is -2.48. The molecule has 0 radical (unpaired) electrons. The predicted octanol–water partition coefficient (Wildman–Crippen LogP) is 6.48. The fourth-order valence-corrected chi connectivity index (χ4v) is 5.87. The van der Waals surface area contributed by atoms with Crippen LogP contribution >= 0.6 is 0 Å². The van der Waals surface area contributed by atoms with Crippen LogP contribution in [0.2, 0.25) is 0 Å². The molecular weight excluding hydrogens is 567 g/mol. The van der Waals surface area contributed by atoms with Crippen molar-refractivity contribution in [3.05, 3.63) is 101 Å². The fraction of sp³-hybridized carbons (Fsp3) is 0.294. The van der Waals surface area contributed by atoms with Gasteiger partial charge in [-0.05, 0) is 66.6 Å². The number of aryl methyl sites for hydroxylation is 1. The monoisotopic (exact) mass is 601 g/mol. The zero-order chi connectivity index (χ0) is 30.8. The van der Waals surface area contributed by atoms with Gasteiger partial charge in [0, 0.05) is 68.8 Å². The third-order valence-electron chi connectivity index (χ3n) is 8.28. The van der Waals surface area contributed by atoms with Crippen LogP contribution in [0.25, 0.3) is 11.1 Å². The number of hydrogen-bond donors (Lipinski definition) is 1. The molecule has 0 aliphatic carbocycles. The summed E-state index contributed by atoms with van der Waals surface area (Å²) in [5.41, 5.74) is 4.57. The third kappa shape index (κ3) is 6.15. The summed E-state index contributed by atoms with van der Waals surface area (Å²) in [5, 5.41) is 3.26. The van der Waals surface area contributed by atoms with Crippen LogP contribution in [0.15, 0.2) is 79.0 Å². The Morgan fingerprint density at radius 2 is 1.64 bits per heavy atom. The number of aromatic nitrogens is 1. The molecule has 1 aromatic heterocycles. The number of benzene rings is 3. The number of pyridine rings is 1. The van der Waals surface area contributed by atoms with Crippen molar-refractivity contribution >= 4 is 23.1 Å². The van der Waals surface area contributed by atoms with Crippen LogP contribution in [0, 0.1) is 6.92 Å². The van der Waals surface area contributed by atoms with Gasteiger partial charge in [0.1, 0.15) is 11.6 Å². The van der Waals surface area contributed by atoms with Gasteiger partial charge in [0.05, 0.1) is 18.4 Å². The topological polar surface area (TPSA) is 60.9 Å². The van der Waals surface area contributed by atoms with Gasteiger partial charge in [-0.2, -0.15) is 13.2 Å². The highest BCUT2D eigenvalue weighted by Crippen LogP contribution is 2.37. The normalized spacial score (nSPS) is 15.1. The minimum atomic E-state index is -4.43. The number of rotatable bonds is 6. The average molecular weight is 602 g/mol. The molecule has 0 unspecified atom stereocenters. The quantitative estimate of drug-likeness (QED) is 0.273. The van der Waals surface area contributed by atoms with Crippen LogP contribution in [0.5, 0.6) is 5.75 Å². The van der Waals surface area contributed by atoms with E-state index in [9.17, 15) is 18.0 Å². The molecule has 1 fully saturated rings. The number of carbonyl (C=O) groups excluding carboxylic acids is 1. The minimum absolute atomic E-state index is 0.0107. The molecule has 7 nitrogen and oxygen atoms in total. The van der Waals surface area contributed by atoms with Crippen molar-refractivity contribution < 1.29 is 22.7 Å². The van der Waals surface area contributed by atoms with Crippen molar-refractivity contribution in [1.82, 2.24) is 9.88 Å². The maximum atomic E-state index is 13.8. The molecule has 2 aliphatic heterocycles. The molecule has 2 aliphatic rings. The first-order chi connectivity index (χ1) is 21.2. The molecule has 1 N–H and O–H groups in total. The SMILES string of the molecule is COc1ccc(N2CCN(C(=O)c3ccc(-c4cnc5c(c4)N(Cc4cc(C)ccc4C(F)(F)F)CCN5)cc3)CC2)cc1. The molecule has 3 aromatic carbocycles. The van der Waals surface area contributed by atoms with E-state index in [-0.39, 0.29) is 18.0 Å². The molecule has 44 heavy (non-hydrogen) atoms. The highest BCUT2D eigenvalue weighted by atomic mass is 19.4. The average Bonchev–Trinajstić information content (AvgIpc) is 3.04. The molecule has 4 aromatic rings. The van der Waals surface area contributed by atoms with Crippen LogP contribution in [-0.2, 0) is 12.7 Å². The molecule has 0 saturated carbocycles. The Bertz CT molecular complexity index is 1630. The molecule has 3 heterocycles. The lowest BCUT2D eigenvalue weighted by Gasteiger charge is -2.36. The summed E-state index contributed by atoms with van der Waals surface area (Å²) in [4.78, 5) is 24.0. The van der Waals surface area contributed by atoms with E-state index in [1.54, 1.807) is 26.3 Å². The van der Waals surface area contributed by atoms with E-state index < -0.39 is 11.7 Å². The second-order valence-corrected chi connectivity index (χ2v) is 11.2. The highest BCUT2D eigenvalue weighted by molar-refractivity contribution is 5.95. The van der Waals surface area contributed by atoms with Crippen LogP contribution in [-0.4, -0.2) is 62.2 Å². The van der Waals surface area contributed by atoms with Crippen molar-refractivity contribution in [3.8, 4) is 16.9 Å². The van der Waals surface area contributed by atoms with Crippen molar-refractivity contribution in [2.75, 3.05) is 61.5 Å². The van der Waals surface area contributed by atoms with Crippen molar-refractivity contribution in [2.45, 2.75) is 19.6 Å². The maximum absolute atomic E-state index is 13.8. The lowest BCUT2D eigenvalue weighted by atomic mass is 10.0. The molecule has 1 amide bonds. The summed E-state index contributed by atoms with van der Waals surface area (Å²) in [6.45, 7) is 5.78. The summed E-state index contributed by atoms with van der Waals surface area (Å²) in [7, 11) is 1.65. The third-order valence-corrected chi connectivity index (χ3v) is 8.28. The van der Waals surface area contributed by atoms with Crippen LogP contribution in [0.4, 0.5) is 30.4 Å². The number of carbonyl (C=O) groups is 1. The lowest BCUT2D eigenvalue weighted by molar-refractivity contribution is -0.138. The van der Waals surface area contributed by atoms with Gasteiger partial charge in [0.25, 0.3) is 5.91 Å². The number of ether oxygens (including phenoxy) is 1. The van der Waals surface area contributed by atoms with Gasteiger partial charge in [0.15, 0.2) is 0 Å². The summed E-state index contributed by atoms with van der Waals surface area (Å²) < 4.78 is 46.5. The van der Waals surface area contributed by atoms with E-state index in [1.807, 2.05) is 64.4 Å². The highest BCUT2D eigenvalue weighted by Gasteiger charge is 2.34. The van der Waals surface area contributed by atoms with Crippen LogP contribution in [0.1, 0.15) is 27.0 Å². The number of piperazine rings is 1. The second-order valence-electron chi connectivity index (χ2n) is 11.2. The predicted molar refractivity (Wildman–Crippen MR) is 167 cm³/mol. The minimum Gasteiger partial charge on any atom is -0.497 e. The number of alkyl halides is 3. The Balaban J connectivity index is 1.15. The molecule has 0 bridgehead atoms. The van der Waals surface area contributed by atoms with Crippen molar-refractivity contribution in [1.29, 1.82) is 0 Å². The summed E-state index contributed by atoms with van der Waals surface area (Å²) in [6, 6.07) is 21.6. The van der Waals surface area contributed by atoms with Gasteiger partial charge in [-0.15, -0.1) is 0 Å². The molecular formula is C34H34F3N5O2. The van der Waals surface area contributed by atoms with E-state index in [4.69, 9.17) is 4.74 Å². The number of amides is 1. The summed E-state index contributed by atoms with van der Waals surface area (Å²) in [5.74, 6) is 1.44. The first-order valence-electron chi connectivity index (χ1n) is 14.6. The number of nitrogens with one attached hydrogen (secondary N) is 1. The molecule has 10 heteroatoms. The van der Waals surface area contributed by atoms with E-state index in [1.165, 1.54) is 6.07 Å². The number of fused-ring (bicyclic) bond motifs is 1. The fourth-order valence-electron chi connectivity index (χ4n) is 5.87. The molecule has 228 valence electrons. The van der Waals surface area contributed by atoms with Gasteiger partial charge in [-0.1, -0.05) is 29.8 Å². The molecule has 0 atom stereocenters. The standard InChI is InChI=1S/C34H34F3N5O2/c1-23-3-12-30(34(35,36)37)27(19-23)22-42-14-13-38-32-31(42)20-26(21-39-32)24-4-6-25(7-5-24)33(43)41-17-15-40(16-18-41)28-8-10-29(44-2)11-9-28/h3-12,19-21H,13-18,22H2,1-2H3,(H,38,39). The maximum Gasteiger partial charge on any atom is 0.416 e. The van der Waals surface area contributed by atoms with Gasteiger partial charge in [-0.25, -0.2) is 4.98 Å². The van der Waals surface area contributed by atoms with Crippen molar-refractivity contribution in [3.63, 3.8) is 0 Å². The Morgan fingerprint density at radius 1 is 0.909 bits per heavy atom. The zero-order valence-corrected chi connectivity index (χ0v) is 24.7. The van der Waals surface area contributed by atoms with E-state index in [2.05, 4.69) is 15.2 Å². The Hall–Kier alpha value is -4.73. The number of nitrogens with zero attached hydrogens (tertiary/aromatic N) is 4. The van der Waals surface area contributed by atoms with Crippen molar-refractivity contribution in [2.24, 2.45) is 0 Å². The van der Waals surface area contributed by atoms with E-state index >= 15 is 0 Å². The number of hydrogen-bond acceptors (Lipinski definition) is 6. The Labute approximate surface area is 254 Å². The first-order valence-corrected chi connectivity index (χ1v) is 14.6. The number of methoxy groups -OCH3 is 1. The zero-order valence-electron chi connectivity index (χ0n) is 24.7. The summed E-state index contributed by atoms with van der Waals surface area (Å²) in [6.07, 6.45) is -2.68. The smallest absolute Gasteiger partial charge is 0.416 e. The van der Waals surface area contributed by atoms with Gasteiger partial charge < -0.3 is 24.8 Å². The van der Waals surface area contributed by atoms with E-state index in [0.29, 0.717) is 37.6 Å². The van der Waals surface area contributed by atoms with Gasteiger partial charge in [0.2, 0.25) is 0 Å². The largest absolute Gasteiger partial charge is 0.497 e. The van der Waals surface area contributed by atoms with Gasteiger partial charge >= 0.3 is 6.18 Å². The number of halogens is 3. The number of anilines is 3. The van der Waals surface area contributed by atoms with E-state index in [0.717, 1.165) is 53.0 Å². The molecule has 0 spiro atoms. The molecule has 6 rings (SSSR count). The summed E-state index contributed by atoms with van der Waals surface area (Å²) >= 11 is 0. The van der Waals surface area contributed by atoms with Gasteiger partial charge in [-0.3, -0.25) is 4.79 Å². The Kier molecular flexibility index (Phi) is 8.07.